The van der Waals surface area contributed by atoms with E-state index in [1.165, 1.54) is 19.3 Å². The lowest BCUT2D eigenvalue weighted by molar-refractivity contribution is 0.0750. The van der Waals surface area contributed by atoms with Crippen LogP contribution in [0.15, 0.2) is 0 Å². The van der Waals surface area contributed by atoms with Gasteiger partial charge in [0.25, 0.3) is 0 Å². The van der Waals surface area contributed by atoms with Crippen LogP contribution in [-0.4, -0.2) is 30.6 Å². The molecule has 2 heteroatoms. The van der Waals surface area contributed by atoms with Gasteiger partial charge in [-0.05, 0) is 56.5 Å². The van der Waals surface area contributed by atoms with E-state index >= 15 is 0 Å². The topological polar surface area (TPSA) is 29.3 Å². The van der Waals surface area contributed by atoms with Gasteiger partial charge in [-0.2, -0.15) is 0 Å². The third-order valence-corrected chi connectivity index (χ3v) is 5.22. The zero-order valence-electron chi connectivity index (χ0n) is 14.0. The third kappa shape index (κ3) is 5.07. The quantitative estimate of drug-likeness (QED) is 0.795. The van der Waals surface area contributed by atoms with Crippen molar-refractivity contribution in [2.24, 2.45) is 29.4 Å². The lowest BCUT2D eigenvalue weighted by Crippen LogP contribution is -2.45. The molecule has 1 rings (SSSR count). The van der Waals surface area contributed by atoms with Crippen molar-refractivity contribution in [3.05, 3.63) is 0 Å². The maximum atomic E-state index is 6.19. The van der Waals surface area contributed by atoms with Crippen LogP contribution in [0, 0.1) is 23.7 Å². The molecular formula is C17H36N2. The highest BCUT2D eigenvalue weighted by molar-refractivity contribution is 4.86. The molecule has 1 aliphatic rings. The van der Waals surface area contributed by atoms with Crippen LogP contribution in [-0.2, 0) is 0 Å². The van der Waals surface area contributed by atoms with Crippen molar-refractivity contribution < 1.29 is 0 Å². The second-order valence-corrected chi connectivity index (χ2v) is 7.57. The monoisotopic (exact) mass is 268 g/mol. The molecule has 1 aliphatic carbocycles. The predicted molar refractivity (Wildman–Crippen MR) is 85.2 cm³/mol. The maximum absolute atomic E-state index is 6.19. The van der Waals surface area contributed by atoms with Gasteiger partial charge in [-0.3, -0.25) is 0 Å². The molecule has 19 heavy (non-hydrogen) atoms. The van der Waals surface area contributed by atoms with E-state index in [4.69, 9.17) is 5.73 Å². The van der Waals surface area contributed by atoms with Crippen molar-refractivity contribution in [2.75, 3.05) is 13.6 Å². The maximum Gasteiger partial charge on any atom is 0.0125 e. The molecule has 0 aromatic carbocycles. The Balaban J connectivity index is 2.53. The number of nitrogens with zero attached hydrogens (tertiary/aromatic N) is 1. The van der Waals surface area contributed by atoms with E-state index in [1.807, 2.05) is 0 Å². The Labute approximate surface area is 121 Å². The van der Waals surface area contributed by atoms with Gasteiger partial charge in [0.05, 0.1) is 0 Å². The molecule has 0 radical (unpaired) electrons. The van der Waals surface area contributed by atoms with Crippen molar-refractivity contribution in [3.8, 4) is 0 Å². The van der Waals surface area contributed by atoms with Gasteiger partial charge in [-0.25, -0.2) is 0 Å². The molecule has 114 valence electrons. The molecule has 0 heterocycles. The van der Waals surface area contributed by atoms with Crippen LogP contribution in [0.5, 0.6) is 0 Å². The first-order chi connectivity index (χ1) is 8.82. The summed E-state index contributed by atoms with van der Waals surface area (Å²) in [6.45, 7) is 12.8. The summed E-state index contributed by atoms with van der Waals surface area (Å²) in [5, 5.41) is 0. The van der Waals surface area contributed by atoms with E-state index < -0.39 is 0 Å². The molecule has 1 saturated carbocycles. The summed E-state index contributed by atoms with van der Waals surface area (Å²) in [7, 11) is 2.31. The lowest BCUT2D eigenvalue weighted by atomic mass is 9.73. The first-order valence-electron chi connectivity index (χ1n) is 8.28. The first kappa shape index (κ1) is 17.0. The van der Waals surface area contributed by atoms with E-state index in [-0.39, 0.29) is 0 Å². The molecule has 4 atom stereocenters. The summed E-state index contributed by atoms with van der Waals surface area (Å²) in [5.41, 5.74) is 6.19. The minimum Gasteiger partial charge on any atom is -0.327 e. The number of nitrogens with two attached hydrogens (primary N) is 1. The van der Waals surface area contributed by atoms with Crippen LogP contribution >= 0.6 is 0 Å². The minimum absolute atomic E-state index is 0.348. The third-order valence-electron chi connectivity index (χ3n) is 5.22. The van der Waals surface area contributed by atoms with E-state index in [1.54, 1.807) is 0 Å². The Morgan fingerprint density at radius 1 is 1.16 bits per heavy atom. The van der Waals surface area contributed by atoms with E-state index in [2.05, 4.69) is 46.6 Å². The molecule has 2 N–H and O–H groups in total. The lowest BCUT2D eigenvalue weighted by Gasteiger charge is -2.42. The van der Waals surface area contributed by atoms with Gasteiger partial charge >= 0.3 is 0 Å². The molecule has 1 fully saturated rings. The van der Waals surface area contributed by atoms with Gasteiger partial charge in [0.1, 0.15) is 0 Å². The van der Waals surface area contributed by atoms with Crippen molar-refractivity contribution in [2.45, 2.75) is 72.4 Å². The second-order valence-electron chi connectivity index (χ2n) is 7.57. The van der Waals surface area contributed by atoms with Gasteiger partial charge < -0.3 is 10.6 Å². The zero-order chi connectivity index (χ0) is 14.6. The molecule has 0 saturated heterocycles. The normalized spacial score (nSPS) is 30.3. The van der Waals surface area contributed by atoms with Crippen LogP contribution < -0.4 is 5.73 Å². The highest BCUT2D eigenvalue weighted by Gasteiger charge is 2.33. The van der Waals surface area contributed by atoms with Crippen LogP contribution in [0.2, 0.25) is 0 Å². The summed E-state index contributed by atoms with van der Waals surface area (Å²) in [6.07, 6.45) is 5.32. The Kier molecular flexibility index (Phi) is 6.82. The fraction of sp³-hybridized carbons (Fsp3) is 1.00. The average molecular weight is 268 g/mol. The van der Waals surface area contributed by atoms with Gasteiger partial charge in [0, 0.05) is 12.1 Å². The van der Waals surface area contributed by atoms with E-state index in [9.17, 15) is 0 Å². The largest absolute Gasteiger partial charge is 0.327 e. The number of hydrogen-bond acceptors (Lipinski definition) is 2. The van der Waals surface area contributed by atoms with Crippen molar-refractivity contribution in [1.82, 2.24) is 4.90 Å². The Morgan fingerprint density at radius 3 is 2.32 bits per heavy atom. The van der Waals surface area contributed by atoms with Crippen LogP contribution in [0.1, 0.15) is 60.3 Å². The number of hydrogen-bond donors (Lipinski definition) is 1. The molecule has 0 amide bonds. The van der Waals surface area contributed by atoms with Crippen molar-refractivity contribution in [3.63, 3.8) is 0 Å². The van der Waals surface area contributed by atoms with Gasteiger partial charge in [-0.1, -0.05) is 41.0 Å². The molecule has 0 aromatic rings. The van der Waals surface area contributed by atoms with Crippen molar-refractivity contribution in [1.29, 1.82) is 0 Å². The van der Waals surface area contributed by atoms with Gasteiger partial charge in [0.15, 0.2) is 0 Å². The summed E-state index contributed by atoms with van der Waals surface area (Å²) >= 11 is 0. The van der Waals surface area contributed by atoms with Gasteiger partial charge in [-0.15, -0.1) is 0 Å². The smallest absolute Gasteiger partial charge is 0.0125 e. The zero-order valence-corrected chi connectivity index (χ0v) is 14.0. The minimum atomic E-state index is 0.348. The second kappa shape index (κ2) is 7.64. The SMILES string of the molecule is CC1CCC(C(C)C)C(N(C)CCC(N)C(C)C)C1. The Hall–Kier alpha value is -0.0800. The Morgan fingerprint density at radius 2 is 1.79 bits per heavy atom. The summed E-state index contributed by atoms with van der Waals surface area (Å²) < 4.78 is 0. The number of rotatable bonds is 6. The van der Waals surface area contributed by atoms with E-state index in [0.29, 0.717) is 12.0 Å². The van der Waals surface area contributed by atoms with Crippen molar-refractivity contribution >= 4 is 0 Å². The molecule has 0 spiro atoms. The Bertz CT molecular complexity index is 250. The summed E-state index contributed by atoms with van der Waals surface area (Å²) in [6, 6.07) is 1.11. The summed E-state index contributed by atoms with van der Waals surface area (Å²) in [4.78, 5) is 2.60. The first-order valence-corrected chi connectivity index (χ1v) is 8.28. The summed E-state index contributed by atoms with van der Waals surface area (Å²) in [5.74, 6) is 3.16. The fourth-order valence-corrected chi connectivity index (χ4v) is 3.51. The molecular weight excluding hydrogens is 232 g/mol. The standard InChI is InChI=1S/C17H36N2/c1-12(2)15-8-7-14(5)11-17(15)19(6)10-9-16(18)13(3)4/h12-17H,7-11,18H2,1-6H3. The molecule has 0 aromatic heterocycles. The van der Waals surface area contributed by atoms with Crippen LogP contribution in [0.3, 0.4) is 0 Å². The van der Waals surface area contributed by atoms with Crippen LogP contribution in [0.4, 0.5) is 0 Å². The van der Waals surface area contributed by atoms with Crippen LogP contribution in [0.25, 0.3) is 0 Å². The highest BCUT2D eigenvalue weighted by atomic mass is 15.1. The van der Waals surface area contributed by atoms with E-state index in [0.717, 1.165) is 36.8 Å². The molecule has 0 bridgehead atoms. The molecule has 4 unspecified atom stereocenters. The highest BCUT2D eigenvalue weighted by Crippen LogP contribution is 2.36. The predicted octanol–water partition coefficient (Wildman–Crippen LogP) is 3.75. The molecule has 2 nitrogen and oxygen atoms in total. The average Bonchev–Trinajstić information content (AvgIpc) is 2.34. The fourth-order valence-electron chi connectivity index (χ4n) is 3.51. The molecule has 0 aliphatic heterocycles. The van der Waals surface area contributed by atoms with Gasteiger partial charge in [0.2, 0.25) is 0 Å².